The minimum atomic E-state index is -4.86. The van der Waals surface area contributed by atoms with Crippen LogP contribution in [-0.2, 0) is 9.84 Å². The lowest BCUT2D eigenvalue weighted by molar-refractivity contribution is -0.106. The monoisotopic (exact) mass is 257 g/mol. The normalized spacial score (nSPS) is 12.8. The Morgan fingerprint density at radius 2 is 1.81 bits per heavy atom. The van der Waals surface area contributed by atoms with Gasteiger partial charge in [-0.2, -0.15) is 13.2 Å². The lowest BCUT2D eigenvalue weighted by atomic mass is 10.3. The molecule has 0 heterocycles. The molecule has 3 nitrogen and oxygen atoms in total. The molecule has 0 aliphatic heterocycles. The molecule has 0 aliphatic rings. The molecule has 1 rings (SSSR count). The summed E-state index contributed by atoms with van der Waals surface area (Å²) in [6, 6.07) is 2.20. The third-order valence-corrected chi connectivity index (χ3v) is 3.36. The highest BCUT2D eigenvalue weighted by molar-refractivity contribution is 7.91. The zero-order valence-electron chi connectivity index (χ0n) is 7.75. The number of benzene rings is 1. The summed E-state index contributed by atoms with van der Waals surface area (Å²) in [5.41, 5.74) is 4.74. The van der Waals surface area contributed by atoms with Gasteiger partial charge in [-0.15, -0.1) is 0 Å². The summed E-state index contributed by atoms with van der Waals surface area (Å²) in [4.78, 5) is -0.739. The predicted octanol–water partition coefficient (Wildman–Crippen LogP) is 1.74. The van der Waals surface area contributed by atoms with Crippen LogP contribution < -0.4 is 5.73 Å². The predicted molar refractivity (Wildman–Crippen MR) is 48.9 cm³/mol. The number of nitrogen functional groups attached to an aromatic ring is 1. The van der Waals surface area contributed by atoms with E-state index < -0.39 is 32.5 Å². The van der Waals surface area contributed by atoms with Crippen molar-refractivity contribution >= 4 is 15.5 Å². The van der Waals surface area contributed by atoms with Gasteiger partial charge < -0.3 is 5.73 Å². The molecule has 2 N–H and O–H groups in total. The Hall–Kier alpha value is -1.31. The maximum Gasteiger partial charge on any atom is 0.403 e. The number of alkyl halides is 3. The molecule has 16 heavy (non-hydrogen) atoms. The van der Waals surface area contributed by atoms with Gasteiger partial charge in [0.05, 0.1) is 10.6 Å². The van der Waals surface area contributed by atoms with Crippen LogP contribution in [0.1, 0.15) is 0 Å². The van der Waals surface area contributed by atoms with Crippen LogP contribution in [0, 0.1) is 5.82 Å². The highest BCUT2D eigenvalue weighted by atomic mass is 32.2. The number of nitrogens with two attached hydrogens (primary N) is 1. The zero-order chi connectivity index (χ0) is 12.6. The second-order valence-electron chi connectivity index (χ2n) is 3.06. The highest BCUT2D eigenvalue weighted by Crippen LogP contribution is 2.24. The minimum absolute atomic E-state index is 0.328. The molecule has 0 amide bonds. The quantitative estimate of drug-likeness (QED) is 0.648. The summed E-state index contributed by atoms with van der Waals surface area (Å²) in [5, 5.41) is 0. The summed E-state index contributed by atoms with van der Waals surface area (Å²) >= 11 is 0. The lowest BCUT2D eigenvalue weighted by Crippen LogP contribution is -2.23. The average molecular weight is 257 g/mol. The fourth-order valence-corrected chi connectivity index (χ4v) is 2.16. The number of halogens is 4. The molecule has 1 aromatic rings. The van der Waals surface area contributed by atoms with Gasteiger partial charge in [-0.1, -0.05) is 0 Å². The van der Waals surface area contributed by atoms with Gasteiger partial charge in [-0.05, 0) is 18.2 Å². The van der Waals surface area contributed by atoms with Crippen LogP contribution in [-0.4, -0.2) is 20.3 Å². The van der Waals surface area contributed by atoms with E-state index in [0.29, 0.717) is 6.07 Å². The standard InChI is InChI=1S/C8H7F4NO2S/c9-6-3-5(1-2-7(6)13)16(14,15)4-8(10,11)12/h1-3H,4,13H2. The molecule has 0 saturated carbocycles. The average Bonchev–Trinajstić information content (AvgIpc) is 2.05. The molecule has 0 atom stereocenters. The first-order chi connectivity index (χ1) is 7.12. The molecule has 0 aliphatic carbocycles. The molecule has 1 aromatic carbocycles. The van der Waals surface area contributed by atoms with Crippen LogP contribution in [0.5, 0.6) is 0 Å². The van der Waals surface area contributed by atoms with Crippen LogP contribution in [0.25, 0.3) is 0 Å². The first-order valence-corrected chi connectivity index (χ1v) is 5.61. The Morgan fingerprint density at radius 3 is 2.25 bits per heavy atom. The van der Waals surface area contributed by atoms with Crippen molar-refractivity contribution in [3.63, 3.8) is 0 Å². The maximum absolute atomic E-state index is 12.9. The molecule has 90 valence electrons. The van der Waals surface area contributed by atoms with Crippen LogP contribution in [0.2, 0.25) is 0 Å². The van der Waals surface area contributed by atoms with E-state index in [-0.39, 0.29) is 5.69 Å². The van der Waals surface area contributed by atoms with Gasteiger partial charge in [0.1, 0.15) is 5.82 Å². The topological polar surface area (TPSA) is 60.2 Å². The molecular formula is C8H7F4NO2S. The molecular weight excluding hydrogens is 250 g/mol. The Bertz CT molecular complexity index is 495. The van der Waals surface area contributed by atoms with Gasteiger partial charge in [-0.25, -0.2) is 12.8 Å². The largest absolute Gasteiger partial charge is 0.403 e. The molecule has 0 saturated heterocycles. The fraction of sp³-hybridized carbons (Fsp3) is 0.250. The second kappa shape index (κ2) is 3.93. The lowest BCUT2D eigenvalue weighted by Gasteiger charge is -2.08. The van der Waals surface area contributed by atoms with E-state index in [0.717, 1.165) is 12.1 Å². The van der Waals surface area contributed by atoms with Crippen molar-refractivity contribution in [2.45, 2.75) is 11.1 Å². The van der Waals surface area contributed by atoms with Gasteiger partial charge >= 0.3 is 6.18 Å². The van der Waals surface area contributed by atoms with E-state index in [4.69, 9.17) is 5.73 Å². The summed E-state index contributed by atoms with van der Waals surface area (Å²) in [6.07, 6.45) is -4.86. The van der Waals surface area contributed by atoms with E-state index in [9.17, 15) is 26.0 Å². The minimum Gasteiger partial charge on any atom is -0.396 e. The molecule has 0 fully saturated rings. The summed E-state index contributed by atoms with van der Waals surface area (Å²) in [6.45, 7) is 0. The van der Waals surface area contributed by atoms with Crippen molar-refractivity contribution in [3.8, 4) is 0 Å². The fourth-order valence-electron chi connectivity index (χ4n) is 1.00. The third kappa shape index (κ3) is 3.09. The smallest absolute Gasteiger partial charge is 0.396 e. The number of anilines is 1. The summed E-state index contributed by atoms with van der Waals surface area (Å²) in [7, 11) is -4.58. The summed E-state index contributed by atoms with van der Waals surface area (Å²) in [5.74, 6) is -3.09. The van der Waals surface area contributed by atoms with Crippen molar-refractivity contribution in [1.82, 2.24) is 0 Å². The van der Waals surface area contributed by atoms with E-state index >= 15 is 0 Å². The Kier molecular flexibility index (Phi) is 3.13. The van der Waals surface area contributed by atoms with Crippen molar-refractivity contribution < 1.29 is 26.0 Å². The van der Waals surface area contributed by atoms with Gasteiger partial charge in [0.25, 0.3) is 0 Å². The van der Waals surface area contributed by atoms with Crippen molar-refractivity contribution in [1.29, 1.82) is 0 Å². The second-order valence-corrected chi connectivity index (χ2v) is 5.05. The molecule has 8 heteroatoms. The van der Waals surface area contributed by atoms with Gasteiger partial charge in [-0.3, -0.25) is 0 Å². The molecule has 0 radical (unpaired) electrons. The molecule has 0 bridgehead atoms. The number of sulfone groups is 1. The summed E-state index contributed by atoms with van der Waals surface area (Å²) < 4.78 is 71.0. The SMILES string of the molecule is Nc1ccc(S(=O)(=O)CC(F)(F)F)cc1F. The van der Waals surface area contributed by atoms with Crippen LogP contribution in [0.15, 0.2) is 23.1 Å². The third-order valence-electron chi connectivity index (χ3n) is 1.68. The van der Waals surface area contributed by atoms with Crippen LogP contribution in [0.3, 0.4) is 0 Å². The Morgan fingerprint density at radius 1 is 1.25 bits per heavy atom. The Balaban J connectivity index is 3.13. The molecule has 0 unspecified atom stereocenters. The van der Waals surface area contributed by atoms with E-state index in [2.05, 4.69) is 0 Å². The zero-order valence-corrected chi connectivity index (χ0v) is 8.57. The van der Waals surface area contributed by atoms with Gasteiger partial charge in [0.2, 0.25) is 0 Å². The van der Waals surface area contributed by atoms with Crippen molar-refractivity contribution in [3.05, 3.63) is 24.0 Å². The van der Waals surface area contributed by atoms with Crippen LogP contribution >= 0.6 is 0 Å². The first-order valence-electron chi connectivity index (χ1n) is 3.96. The van der Waals surface area contributed by atoms with Crippen molar-refractivity contribution in [2.75, 3.05) is 11.5 Å². The Labute approximate surface area is 88.8 Å². The van der Waals surface area contributed by atoms with E-state index in [1.165, 1.54) is 0 Å². The first kappa shape index (κ1) is 12.8. The molecule has 0 aromatic heterocycles. The number of rotatable bonds is 2. The van der Waals surface area contributed by atoms with Gasteiger partial charge in [0.15, 0.2) is 15.6 Å². The van der Waals surface area contributed by atoms with Crippen molar-refractivity contribution in [2.24, 2.45) is 0 Å². The van der Waals surface area contributed by atoms with Gasteiger partial charge in [0, 0.05) is 0 Å². The maximum atomic E-state index is 12.9. The number of hydrogen-bond acceptors (Lipinski definition) is 3. The highest BCUT2D eigenvalue weighted by Gasteiger charge is 2.36. The van der Waals surface area contributed by atoms with E-state index in [1.54, 1.807) is 0 Å². The number of hydrogen-bond donors (Lipinski definition) is 1. The molecule has 0 spiro atoms. The van der Waals surface area contributed by atoms with E-state index in [1.807, 2.05) is 0 Å². The van der Waals surface area contributed by atoms with Crippen LogP contribution in [0.4, 0.5) is 23.2 Å².